The predicted octanol–water partition coefficient (Wildman–Crippen LogP) is 8.89. The van der Waals surface area contributed by atoms with Crippen molar-refractivity contribution in [2.75, 3.05) is 13.2 Å². The predicted molar refractivity (Wildman–Crippen MR) is 134 cm³/mol. The third-order valence-electron chi connectivity index (χ3n) is 8.90. The Kier molecular flexibility index (Phi) is 9.60. The molecule has 1 aromatic carbocycles. The van der Waals surface area contributed by atoms with E-state index in [2.05, 4.69) is 0 Å². The van der Waals surface area contributed by atoms with Crippen LogP contribution in [-0.4, -0.2) is 19.3 Å². The Labute approximate surface area is 209 Å². The van der Waals surface area contributed by atoms with Crippen LogP contribution >= 0.6 is 0 Å². The van der Waals surface area contributed by atoms with Gasteiger partial charge in [0.25, 0.3) is 0 Å². The second kappa shape index (κ2) is 12.7. The van der Waals surface area contributed by atoms with Gasteiger partial charge in [-0.15, -0.1) is 0 Å². The molecule has 0 spiro atoms. The highest BCUT2D eigenvalue weighted by Crippen LogP contribution is 2.42. The maximum absolute atomic E-state index is 14.6. The monoisotopic (exact) mass is 492 g/mol. The lowest BCUT2D eigenvalue weighted by molar-refractivity contribution is -0.00772. The third kappa shape index (κ3) is 7.05. The second-order valence-corrected chi connectivity index (χ2v) is 11.2. The van der Waals surface area contributed by atoms with Gasteiger partial charge in [-0.1, -0.05) is 12.1 Å². The molecular formula is C30H43F3O2. The average molecular weight is 493 g/mol. The second-order valence-electron chi connectivity index (χ2n) is 11.2. The van der Waals surface area contributed by atoms with Crippen LogP contribution in [0, 0.1) is 35.3 Å². The largest absolute Gasteiger partial charge is 0.491 e. The van der Waals surface area contributed by atoms with Gasteiger partial charge in [0.2, 0.25) is 5.82 Å². The summed E-state index contributed by atoms with van der Waals surface area (Å²) in [6, 6.07) is 3.25. The van der Waals surface area contributed by atoms with Crippen LogP contribution in [0.1, 0.15) is 102 Å². The molecular weight excluding hydrogens is 449 g/mol. The van der Waals surface area contributed by atoms with E-state index in [4.69, 9.17) is 9.47 Å². The molecule has 0 amide bonds. The Bertz CT molecular complexity index is 826. The molecule has 196 valence electrons. The molecule has 2 nitrogen and oxygen atoms in total. The zero-order valence-corrected chi connectivity index (χ0v) is 21.5. The van der Waals surface area contributed by atoms with Gasteiger partial charge in [-0.05, 0) is 132 Å². The zero-order chi connectivity index (χ0) is 24.8. The Hall–Kier alpha value is -1.49. The number of allylic oxidation sites excluding steroid dienone is 2. The molecule has 1 aromatic rings. The van der Waals surface area contributed by atoms with E-state index in [-0.39, 0.29) is 23.6 Å². The third-order valence-corrected chi connectivity index (χ3v) is 8.90. The Balaban J connectivity index is 1.15. The van der Waals surface area contributed by atoms with Gasteiger partial charge in [0.05, 0.1) is 18.5 Å². The average Bonchev–Trinajstić information content (AvgIpc) is 2.87. The van der Waals surface area contributed by atoms with Crippen LogP contribution in [0.2, 0.25) is 0 Å². The van der Waals surface area contributed by atoms with Crippen molar-refractivity contribution in [1.82, 2.24) is 0 Å². The van der Waals surface area contributed by atoms with Gasteiger partial charge in [0.1, 0.15) is 0 Å². The summed E-state index contributed by atoms with van der Waals surface area (Å²) in [7, 11) is 0. The Morgan fingerprint density at radius 2 is 1.49 bits per heavy atom. The first-order chi connectivity index (χ1) is 16.9. The van der Waals surface area contributed by atoms with Crippen molar-refractivity contribution in [1.29, 1.82) is 0 Å². The first-order valence-corrected chi connectivity index (χ1v) is 14.0. The molecule has 0 bridgehead atoms. The van der Waals surface area contributed by atoms with Gasteiger partial charge in [-0.2, -0.15) is 4.39 Å². The van der Waals surface area contributed by atoms with E-state index in [1.54, 1.807) is 26.0 Å². The van der Waals surface area contributed by atoms with Crippen LogP contribution in [0.5, 0.6) is 5.75 Å². The summed E-state index contributed by atoms with van der Waals surface area (Å²) >= 11 is 0. The molecule has 0 aliphatic heterocycles. The first kappa shape index (κ1) is 26.6. The molecule has 0 saturated heterocycles. The Morgan fingerprint density at radius 1 is 0.857 bits per heavy atom. The fourth-order valence-corrected chi connectivity index (χ4v) is 6.88. The molecule has 0 unspecified atom stereocenters. The summed E-state index contributed by atoms with van der Waals surface area (Å²) < 4.78 is 53.5. The number of ether oxygens (including phenoxy) is 2. The number of hydrogen-bond acceptors (Lipinski definition) is 2. The fourth-order valence-electron chi connectivity index (χ4n) is 6.88. The van der Waals surface area contributed by atoms with Gasteiger partial charge in [-0.3, -0.25) is 0 Å². The summed E-state index contributed by atoms with van der Waals surface area (Å²) in [6.07, 6.45) is 15.4. The van der Waals surface area contributed by atoms with Crippen molar-refractivity contribution >= 4 is 0 Å². The van der Waals surface area contributed by atoms with E-state index in [1.165, 1.54) is 38.5 Å². The van der Waals surface area contributed by atoms with Crippen molar-refractivity contribution in [3.8, 4) is 5.75 Å². The smallest absolute Gasteiger partial charge is 0.200 e. The fraction of sp³-hybridized carbons (Fsp3) is 0.733. The van der Waals surface area contributed by atoms with Gasteiger partial charge in [0.15, 0.2) is 11.6 Å². The molecule has 0 heterocycles. The summed E-state index contributed by atoms with van der Waals surface area (Å²) in [6.45, 7) is 4.48. The van der Waals surface area contributed by atoms with E-state index in [0.717, 1.165) is 57.0 Å². The van der Waals surface area contributed by atoms with Crippen LogP contribution in [0.15, 0.2) is 24.0 Å². The molecule has 0 atom stereocenters. The molecule has 35 heavy (non-hydrogen) atoms. The SMILES string of the molecule is CCOc1ccc(C2CCC(OCC3CCC(C4CCC(/C=C(/C)F)CC4)CC3)CC2)c(F)c1F. The minimum Gasteiger partial charge on any atom is -0.491 e. The molecule has 3 fully saturated rings. The molecule has 3 aliphatic carbocycles. The van der Waals surface area contributed by atoms with E-state index >= 15 is 0 Å². The summed E-state index contributed by atoms with van der Waals surface area (Å²) in [5.41, 5.74) is 0.479. The molecule has 4 rings (SSSR count). The van der Waals surface area contributed by atoms with Crippen LogP contribution in [0.25, 0.3) is 0 Å². The summed E-state index contributed by atoms with van der Waals surface area (Å²) in [5.74, 6) is 1.16. The van der Waals surface area contributed by atoms with Crippen LogP contribution in [0.4, 0.5) is 13.2 Å². The van der Waals surface area contributed by atoms with Gasteiger partial charge in [0, 0.05) is 6.61 Å². The van der Waals surface area contributed by atoms with Crippen LogP contribution in [-0.2, 0) is 4.74 Å². The lowest BCUT2D eigenvalue weighted by Gasteiger charge is -2.38. The molecule has 0 aromatic heterocycles. The minimum absolute atomic E-state index is 0.00258. The van der Waals surface area contributed by atoms with Crippen LogP contribution < -0.4 is 4.74 Å². The number of benzene rings is 1. The van der Waals surface area contributed by atoms with Crippen molar-refractivity contribution in [2.24, 2.45) is 23.7 Å². The standard InChI is InChI=1S/C30H43F3O2/c1-3-34-28-17-16-27(29(32)30(28)33)25-12-14-26(15-13-25)35-19-22-6-10-24(11-7-22)23-8-4-21(5-9-23)18-20(2)31/h16-18,21-26H,3-15,19H2,1-2H3/b20-18-. The number of rotatable bonds is 8. The first-order valence-electron chi connectivity index (χ1n) is 14.0. The van der Waals surface area contributed by atoms with Gasteiger partial charge >= 0.3 is 0 Å². The maximum atomic E-state index is 14.6. The summed E-state index contributed by atoms with van der Waals surface area (Å²) in [5, 5.41) is 0. The molecule has 3 aliphatic rings. The van der Waals surface area contributed by atoms with Crippen molar-refractivity contribution in [3.05, 3.63) is 41.2 Å². The number of halogens is 3. The molecule has 3 saturated carbocycles. The van der Waals surface area contributed by atoms with E-state index < -0.39 is 11.6 Å². The van der Waals surface area contributed by atoms with Gasteiger partial charge in [-0.25, -0.2) is 8.78 Å². The minimum atomic E-state index is -0.863. The molecule has 0 radical (unpaired) electrons. The number of hydrogen-bond donors (Lipinski definition) is 0. The van der Waals surface area contributed by atoms with Gasteiger partial charge < -0.3 is 9.47 Å². The van der Waals surface area contributed by atoms with Crippen molar-refractivity contribution in [2.45, 2.75) is 103 Å². The quantitative estimate of drug-likeness (QED) is 0.361. The highest BCUT2D eigenvalue weighted by atomic mass is 19.2. The van der Waals surface area contributed by atoms with Crippen molar-refractivity contribution < 1.29 is 22.6 Å². The highest BCUT2D eigenvalue weighted by molar-refractivity contribution is 5.33. The lowest BCUT2D eigenvalue weighted by Crippen LogP contribution is -2.28. The molecule has 5 heteroatoms. The lowest BCUT2D eigenvalue weighted by atomic mass is 9.69. The zero-order valence-electron chi connectivity index (χ0n) is 21.5. The van der Waals surface area contributed by atoms with E-state index in [9.17, 15) is 13.2 Å². The normalized spacial score (nSPS) is 32.4. The van der Waals surface area contributed by atoms with Crippen molar-refractivity contribution in [3.63, 3.8) is 0 Å². The topological polar surface area (TPSA) is 18.5 Å². The van der Waals surface area contributed by atoms with Crippen LogP contribution in [0.3, 0.4) is 0 Å². The van der Waals surface area contributed by atoms with E-state index in [0.29, 0.717) is 24.0 Å². The highest BCUT2D eigenvalue weighted by Gasteiger charge is 2.32. The Morgan fingerprint density at radius 3 is 2.09 bits per heavy atom. The maximum Gasteiger partial charge on any atom is 0.200 e. The molecule has 0 N–H and O–H groups in total. The van der Waals surface area contributed by atoms with E-state index in [1.807, 2.05) is 6.08 Å². The summed E-state index contributed by atoms with van der Waals surface area (Å²) in [4.78, 5) is 0.